The molecule has 2 aromatic heterocycles. The first-order chi connectivity index (χ1) is 10.0. The largest absolute Gasteiger partial charge is 0.481 e. The van der Waals surface area contributed by atoms with Gasteiger partial charge in [-0.05, 0) is 13.0 Å². The van der Waals surface area contributed by atoms with Gasteiger partial charge in [0.05, 0.1) is 7.11 Å². The van der Waals surface area contributed by atoms with Crippen LogP contribution in [-0.4, -0.2) is 22.1 Å². The highest BCUT2D eigenvalue weighted by Gasteiger charge is 2.12. The summed E-state index contributed by atoms with van der Waals surface area (Å²) in [5, 5.41) is 3.77. The maximum atomic E-state index is 6.18. The Morgan fingerprint density at radius 1 is 1.33 bits per heavy atom. The lowest BCUT2D eigenvalue weighted by atomic mass is 10.2. The minimum absolute atomic E-state index is 0.219. The van der Waals surface area contributed by atoms with Crippen molar-refractivity contribution < 1.29 is 4.74 Å². The average Bonchev–Trinajstić information content (AvgIpc) is 2.48. The summed E-state index contributed by atoms with van der Waals surface area (Å²) in [4.78, 5) is 13.0. The molecule has 112 valence electrons. The lowest BCUT2D eigenvalue weighted by Gasteiger charge is -2.13. The van der Waals surface area contributed by atoms with Gasteiger partial charge in [0, 0.05) is 29.8 Å². The molecule has 2 heterocycles. The number of ether oxygens (including phenoxy) is 1. The van der Waals surface area contributed by atoms with Crippen LogP contribution >= 0.6 is 11.6 Å². The van der Waals surface area contributed by atoms with Crippen molar-refractivity contribution in [1.29, 1.82) is 0 Å². The van der Waals surface area contributed by atoms with Crippen molar-refractivity contribution in [2.24, 2.45) is 0 Å². The molecule has 0 aliphatic rings. The van der Waals surface area contributed by atoms with Gasteiger partial charge in [0.25, 0.3) is 0 Å². The third-order valence-electron chi connectivity index (χ3n) is 3.11. The van der Waals surface area contributed by atoms with E-state index in [1.165, 1.54) is 0 Å². The van der Waals surface area contributed by atoms with Gasteiger partial charge in [-0.25, -0.2) is 15.0 Å². The first-order valence-electron chi connectivity index (χ1n) is 6.78. The van der Waals surface area contributed by atoms with Crippen LogP contribution in [0.4, 0.5) is 5.82 Å². The molecular weight excluding hydrogens is 288 g/mol. The van der Waals surface area contributed by atoms with Crippen molar-refractivity contribution in [2.45, 2.75) is 33.2 Å². The zero-order valence-corrected chi connectivity index (χ0v) is 13.4. The van der Waals surface area contributed by atoms with E-state index in [0.717, 1.165) is 22.8 Å². The third kappa shape index (κ3) is 3.61. The molecule has 0 aliphatic heterocycles. The maximum absolute atomic E-state index is 6.18. The number of pyridine rings is 1. The minimum atomic E-state index is 0.219. The van der Waals surface area contributed by atoms with Crippen LogP contribution in [0.2, 0.25) is 5.15 Å². The summed E-state index contributed by atoms with van der Waals surface area (Å²) >= 11 is 6.18. The van der Waals surface area contributed by atoms with E-state index in [9.17, 15) is 0 Å². The summed E-state index contributed by atoms with van der Waals surface area (Å²) < 4.78 is 5.24. The Labute approximate surface area is 129 Å². The standard InChI is InChI=1S/C15H19ClN4O/c1-9(2)13-19-12(16)10(3)14(20-13)18-8-11-6-5-7-17-15(11)21-4/h5-7,9H,8H2,1-4H3,(H,18,19,20). The van der Waals surface area contributed by atoms with Crippen molar-refractivity contribution in [2.75, 3.05) is 12.4 Å². The monoisotopic (exact) mass is 306 g/mol. The molecule has 0 unspecified atom stereocenters. The zero-order chi connectivity index (χ0) is 15.4. The summed E-state index contributed by atoms with van der Waals surface area (Å²) in [6.07, 6.45) is 1.70. The van der Waals surface area contributed by atoms with Gasteiger partial charge in [0.15, 0.2) is 0 Å². The Hall–Kier alpha value is -1.88. The molecule has 21 heavy (non-hydrogen) atoms. The van der Waals surface area contributed by atoms with Gasteiger partial charge in [-0.3, -0.25) is 0 Å². The third-order valence-corrected chi connectivity index (χ3v) is 3.48. The van der Waals surface area contributed by atoms with Crippen molar-refractivity contribution in [1.82, 2.24) is 15.0 Å². The van der Waals surface area contributed by atoms with Crippen LogP contribution in [0.5, 0.6) is 5.88 Å². The molecule has 0 fully saturated rings. The lowest BCUT2D eigenvalue weighted by Crippen LogP contribution is -2.09. The molecule has 0 saturated carbocycles. The van der Waals surface area contributed by atoms with Crippen LogP contribution in [0.1, 0.15) is 36.7 Å². The molecule has 0 bridgehead atoms. The van der Waals surface area contributed by atoms with Crippen molar-refractivity contribution in [3.05, 3.63) is 40.4 Å². The Kier molecular flexibility index (Phi) is 4.96. The summed E-state index contributed by atoms with van der Waals surface area (Å²) in [5.41, 5.74) is 1.80. The Bertz CT molecular complexity index is 631. The molecule has 6 heteroatoms. The fourth-order valence-corrected chi connectivity index (χ4v) is 2.03. The first kappa shape index (κ1) is 15.5. The quantitative estimate of drug-likeness (QED) is 0.856. The SMILES string of the molecule is COc1ncccc1CNc1nc(C(C)C)nc(Cl)c1C. The molecule has 0 saturated heterocycles. The topological polar surface area (TPSA) is 59.9 Å². The van der Waals surface area contributed by atoms with E-state index in [2.05, 4.69) is 20.3 Å². The summed E-state index contributed by atoms with van der Waals surface area (Å²) in [5.74, 6) is 2.29. The highest BCUT2D eigenvalue weighted by Crippen LogP contribution is 2.24. The van der Waals surface area contributed by atoms with E-state index in [1.54, 1.807) is 13.3 Å². The second kappa shape index (κ2) is 6.72. The van der Waals surface area contributed by atoms with E-state index in [0.29, 0.717) is 17.6 Å². The van der Waals surface area contributed by atoms with Gasteiger partial charge in [-0.15, -0.1) is 0 Å². The summed E-state index contributed by atoms with van der Waals surface area (Å²) in [6, 6.07) is 3.83. The summed E-state index contributed by atoms with van der Waals surface area (Å²) in [6.45, 7) is 6.53. The van der Waals surface area contributed by atoms with E-state index < -0.39 is 0 Å². The van der Waals surface area contributed by atoms with Gasteiger partial charge >= 0.3 is 0 Å². The highest BCUT2D eigenvalue weighted by atomic mass is 35.5. The van der Waals surface area contributed by atoms with E-state index >= 15 is 0 Å². The van der Waals surface area contributed by atoms with E-state index in [4.69, 9.17) is 16.3 Å². The zero-order valence-electron chi connectivity index (χ0n) is 12.6. The predicted molar refractivity (Wildman–Crippen MR) is 84.0 cm³/mol. The van der Waals surface area contributed by atoms with Crippen molar-refractivity contribution >= 4 is 17.4 Å². The molecule has 0 aromatic carbocycles. The molecular formula is C15H19ClN4O. The molecule has 0 atom stereocenters. The van der Waals surface area contributed by atoms with E-state index in [-0.39, 0.29) is 5.92 Å². The number of aromatic nitrogens is 3. The Balaban J connectivity index is 2.23. The average molecular weight is 307 g/mol. The molecule has 0 spiro atoms. The Morgan fingerprint density at radius 2 is 2.10 bits per heavy atom. The number of hydrogen-bond acceptors (Lipinski definition) is 5. The van der Waals surface area contributed by atoms with Crippen molar-refractivity contribution in [3.8, 4) is 5.88 Å². The molecule has 0 amide bonds. The van der Waals surface area contributed by atoms with Gasteiger partial charge < -0.3 is 10.1 Å². The molecule has 5 nitrogen and oxygen atoms in total. The molecule has 2 rings (SSSR count). The number of rotatable bonds is 5. The van der Waals surface area contributed by atoms with Crippen LogP contribution in [0, 0.1) is 6.92 Å². The van der Waals surface area contributed by atoms with Gasteiger partial charge in [0.2, 0.25) is 5.88 Å². The van der Waals surface area contributed by atoms with Crippen LogP contribution in [0.15, 0.2) is 18.3 Å². The van der Waals surface area contributed by atoms with Crippen LogP contribution in [0.3, 0.4) is 0 Å². The number of halogens is 1. The fraction of sp³-hybridized carbons (Fsp3) is 0.400. The summed E-state index contributed by atoms with van der Waals surface area (Å²) in [7, 11) is 1.61. The smallest absolute Gasteiger partial charge is 0.218 e. The fourth-order valence-electron chi connectivity index (χ4n) is 1.86. The van der Waals surface area contributed by atoms with E-state index in [1.807, 2.05) is 32.9 Å². The van der Waals surface area contributed by atoms with Crippen molar-refractivity contribution in [3.63, 3.8) is 0 Å². The molecule has 0 radical (unpaired) electrons. The second-order valence-electron chi connectivity index (χ2n) is 5.03. The van der Waals surface area contributed by atoms with Crippen LogP contribution in [-0.2, 0) is 6.54 Å². The van der Waals surface area contributed by atoms with Gasteiger partial charge in [0.1, 0.15) is 16.8 Å². The normalized spacial score (nSPS) is 10.8. The molecule has 1 N–H and O–H groups in total. The molecule has 2 aromatic rings. The minimum Gasteiger partial charge on any atom is -0.481 e. The van der Waals surface area contributed by atoms with Crippen LogP contribution < -0.4 is 10.1 Å². The van der Waals surface area contributed by atoms with Gasteiger partial charge in [-0.1, -0.05) is 31.5 Å². The highest BCUT2D eigenvalue weighted by molar-refractivity contribution is 6.30. The first-order valence-corrected chi connectivity index (χ1v) is 7.16. The van der Waals surface area contributed by atoms with Crippen LogP contribution in [0.25, 0.3) is 0 Å². The predicted octanol–water partition coefficient (Wildman–Crippen LogP) is 3.58. The Morgan fingerprint density at radius 3 is 2.76 bits per heavy atom. The number of hydrogen-bond donors (Lipinski definition) is 1. The van der Waals surface area contributed by atoms with Gasteiger partial charge in [-0.2, -0.15) is 0 Å². The second-order valence-corrected chi connectivity index (χ2v) is 5.38. The molecule has 0 aliphatic carbocycles. The number of nitrogens with zero attached hydrogens (tertiary/aromatic N) is 3. The lowest BCUT2D eigenvalue weighted by molar-refractivity contribution is 0.393. The number of nitrogens with one attached hydrogen (secondary N) is 1. The maximum Gasteiger partial charge on any atom is 0.218 e. The number of anilines is 1. The number of methoxy groups -OCH3 is 1.